The van der Waals surface area contributed by atoms with E-state index in [0.717, 1.165) is 11.1 Å². The quantitative estimate of drug-likeness (QED) is 0.778. The highest BCUT2D eigenvalue weighted by molar-refractivity contribution is 6.01. The number of nitrogens with zero attached hydrogens (tertiary/aromatic N) is 1. The third-order valence-electron chi connectivity index (χ3n) is 5.34. The van der Waals surface area contributed by atoms with Gasteiger partial charge >= 0.3 is 0 Å². The van der Waals surface area contributed by atoms with E-state index in [2.05, 4.69) is 50.4 Å². The summed E-state index contributed by atoms with van der Waals surface area (Å²) in [6.07, 6.45) is 0.571. The average molecular weight is 392 g/mol. The highest BCUT2D eigenvalue weighted by atomic mass is 16.2. The molecule has 1 N–H and O–H groups in total. The van der Waals surface area contributed by atoms with Gasteiger partial charge in [-0.05, 0) is 41.2 Å². The van der Waals surface area contributed by atoms with Gasteiger partial charge in [0.15, 0.2) is 0 Å². The molecular weight excluding hydrogens is 364 g/mol. The Kier molecular flexibility index (Phi) is 5.87. The molecule has 1 saturated heterocycles. The lowest BCUT2D eigenvalue weighted by atomic mass is 9.86. The van der Waals surface area contributed by atoms with Gasteiger partial charge in [0.05, 0.1) is 12.6 Å². The van der Waals surface area contributed by atoms with E-state index in [1.54, 1.807) is 24.3 Å². The number of hydrogen-bond acceptors (Lipinski definition) is 3. The molecule has 0 bridgehead atoms. The van der Waals surface area contributed by atoms with Crippen molar-refractivity contribution in [1.82, 2.24) is 10.2 Å². The minimum Gasteiger partial charge on any atom is -0.346 e. The third kappa shape index (κ3) is 4.91. The summed E-state index contributed by atoms with van der Waals surface area (Å²) in [5.74, 6) is -0.427. The molecule has 29 heavy (non-hydrogen) atoms. The topological polar surface area (TPSA) is 66.5 Å². The number of amides is 3. The lowest BCUT2D eigenvalue weighted by molar-refractivity contribution is -0.139. The van der Waals surface area contributed by atoms with Crippen LogP contribution in [0.25, 0.3) is 0 Å². The van der Waals surface area contributed by atoms with Gasteiger partial charge in [0, 0.05) is 18.4 Å². The summed E-state index contributed by atoms with van der Waals surface area (Å²) in [4.78, 5) is 37.3. The normalized spacial score (nSPS) is 15.5. The first-order valence-corrected chi connectivity index (χ1v) is 9.98. The van der Waals surface area contributed by atoms with Crippen LogP contribution in [0.5, 0.6) is 0 Å². The molecule has 0 spiro atoms. The smallest absolute Gasteiger partial charge is 0.251 e. The van der Waals surface area contributed by atoms with E-state index in [9.17, 15) is 14.4 Å². The van der Waals surface area contributed by atoms with Gasteiger partial charge in [0.1, 0.15) is 0 Å². The standard InChI is InChI=1S/C24H28N2O3/c1-16(18-9-11-20(12-10-18)24(2,3)4)25-23(29)19-7-5-17(6-8-19)15-26-21(27)13-14-22(26)28/h5-12,16H,13-15H2,1-4H3,(H,25,29). The number of rotatable bonds is 5. The molecule has 1 aliphatic heterocycles. The lowest BCUT2D eigenvalue weighted by Gasteiger charge is -2.21. The molecule has 3 amide bonds. The Labute approximate surface area is 172 Å². The first-order valence-electron chi connectivity index (χ1n) is 9.98. The van der Waals surface area contributed by atoms with Gasteiger partial charge in [0.2, 0.25) is 11.8 Å². The number of likely N-dealkylation sites (tertiary alicyclic amines) is 1. The molecule has 5 nitrogen and oxygen atoms in total. The number of carbonyl (C=O) groups excluding carboxylic acids is 3. The number of nitrogens with one attached hydrogen (secondary N) is 1. The first kappa shape index (κ1) is 20.8. The second kappa shape index (κ2) is 8.19. The van der Waals surface area contributed by atoms with E-state index in [-0.39, 0.29) is 48.6 Å². The van der Waals surface area contributed by atoms with Crippen LogP contribution < -0.4 is 5.32 Å². The van der Waals surface area contributed by atoms with Crippen molar-refractivity contribution in [3.63, 3.8) is 0 Å². The second-order valence-electron chi connectivity index (χ2n) is 8.64. The molecule has 1 heterocycles. The summed E-state index contributed by atoms with van der Waals surface area (Å²) in [5.41, 5.74) is 3.78. The molecule has 0 radical (unpaired) electrons. The van der Waals surface area contributed by atoms with E-state index in [0.29, 0.717) is 5.56 Å². The van der Waals surface area contributed by atoms with Crippen LogP contribution in [0.4, 0.5) is 0 Å². The van der Waals surface area contributed by atoms with Gasteiger partial charge in [-0.15, -0.1) is 0 Å². The molecule has 1 fully saturated rings. The highest BCUT2D eigenvalue weighted by Gasteiger charge is 2.28. The molecule has 3 rings (SSSR count). The van der Waals surface area contributed by atoms with Crippen LogP contribution in [0.3, 0.4) is 0 Å². The Balaban J connectivity index is 1.61. The van der Waals surface area contributed by atoms with Gasteiger partial charge in [0.25, 0.3) is 5.91 Å². The predicted molar refractivity (Wildman–Crippen MR) is 112 cm³/mol. The van der Waals surface area contributed by atoms with Crippen LogP contribution in [0.1, 0.15) is 73.6 Å². The van der Waals surface area contributed by atoms with E-state index in [4.69, 9.17) is 0 Å². The van der Waals surface area contributed by atoms with Crippen LogP contribution in [-0.4, -0.2) is 22.6 Å². The molecule has 2 aromatic rings. The molecule has 5 heteroatoms. The molecule has 1 atom stereocenters. The van der Waals surface area contributed by atoms with Crippen LogP contribution in [0, 0.1) is 0 Å². The molecule has 0 saturated carbocycles. The van der Waals surface area contributed by atoms with E-state index < -0.39 is 0 Å². The zero-order valence-electron chi connectivity index (χ0n) is 17.5. The summed E-state index contributed by atoms with van der Waals surface area (Å²) in [7, 11) is 0. The lowest BCUT2D eigenvalue weighted by Crippen LogP contribution is -2.28. The van der Waals surface area contributed by atoms with Gasteiger partial charge < -0.3 is 5.32 Å². The molecule has 0 aromatic heterocycles. The molecular formula is C24H28N2O3. The second-order valence-corrected chi connectivity index (χ2v) is 8.64. The van der Waals surface area contributed by atoms with Crippen LogP contribution in [0.2, 0.25) is 0 Å². The molecule has 1 aliphatic rings. The van der Waals surface area contributed by atoms with Crippen molar-refractivity contribution >= 4 is 17.7 Å². The zero-order valence-corrected chi connectivity index (χ0v) is 17.5. The van der Waals surface area contributed by atoms with Gasteiger partial charge in [-0.3, -0.25) is 19.3 Å². The van der Waals surface area contributed by atoms with Crippen molar-refractivity contribution in [3.8, 4) is 0 Å². The Morgan fingerprint density at radius 1 is 0.966 bits per heavy atom. The Hall–Kier alpha value is -2.95. The molecule has 1 unspecified atom stereocenters. The first-order chi connectivity index (χ1) is 13.6. The fourth-order valence-corrected chi connectivity index (χ4v) is 3.38. The number of carbonyl (C=O) groups is 3. The predicted octanol–water partition coefficient (Wildman–Crippen LogP) is 4.12. The fraction of sp³-hybridized carbons (Fsp3) is 0.375. The SMILES string of the molecule is CC(NC(=O)c1ccc(CN2C(=O)CCC2=O)cc1)c1ccc(C(C)(C)C)cc1. The summed E-state index contributed by atoms with van der Waals surface area (Å²) in [6.45, 7) is 8.74. The van der Waals surface area contributed by atoms with E-state index in [1.165, 1.54) is 10.5 Å². The number of benzene rings is 2. The van der Waals surface area contributed by atoms with Crippen LogP contribution in [-0.2, 0) is 21.5 Å². The Morgan fingerprint density at radius 3 is 2.03 bits per heavy atom. The highest BCUT2D eigenvalue weighted by Crippen LogP contribution is 2.24. The van der Waals surface area contributed by atoms with E-state index in [1.807, 2.05) is 6.92 Å². The largest absolute Gasteiger partial charge is 0.346 e. The third-order valence-corrected chi connectivity index (χ3v) is 5.34. The van der Waals surface area contributed by atoms with Crippen molar-refractivity contribution in [1.29, 1.82) is 0 Å². The molecule has 152 valence electrons. The maximum atomic E-state index is 12.6. The fourth-order valence-electron chi connectivity index (χ4n) is 3.38. The van der Waals surface area contributed by atoms with Crippen molar-refractivity contribution < 1.29 is 14.4 Å². The maximum Gasteiger partial charge on any atom is 0.251 e. The zero-order chi connectivity index (χ0) is 21.2. The van der Waals surface area contributed by atoms with E-state index >= 15 is 0 Å². The Morgan fingerprint density at radius 2 is 1.52 bits per heavy atom. The number of hydrogen-bond donors (Lipinski definition) is 1. The summed E-state index contributed by atoms with van der Waals surface area (Å²) in [5, 5.41) is 3.02. The summed E-state index contributed by atoms with van der Waals surface area (Å²) < 4.78 is 0. The van der Waals surface area contributed by atoms with Crippen molar-refractivity contribution in [3.05, 3.63) is 70.8 Å². The van der Waals surface area contributed by atoms with Gasteiger partial charge in [-0.1, -0.05) is 57.2 Å². The van der Waals surface area contributed by atoms with Crippen molar-refractivity contribution in [2.45, 2.75) is 58.5 Å². The monoisotopic (exact) mass is 392 g/mol. The summed E-state index contributed by atoms with van der Waals surface area (Å²) >= 11 is 0. The van der Waals surface area contributed by atoms with Gasteiger partial charge in [-0.2, -0.15) is 0 Å². The molecule has 0 aliphatic carbocycles. The molecule has 2 aromatic carbocycles. The number of imide groups is 1. The van der Waals surface area contributed by atoms with Crippen molar-refractivity contribution in [2.75, 3.05) is 0 Å². The minimum atomic E-state index is -0.155. The van der Waals surface area contributed by atoms with Crippen LogP contribution in [0.15, 0.2) is 48.5 Å². The average Bonchev–Trinajstić information content (AvgIpc) is 3.00. The maximum absolute atomic E-state index is 12.6. The Bertz CT molecular complexity index is 893. The summed E-state index contributed by atoms with van der Waals surface area (Å²) in [6, 6.07) is 15.2. The minimum absolute atomic E-state index is 0.0943. The van der Waals surface area contributed by atoms with Gasteiger partial charge in [-0.25, -0.2) is 0 Å². The van der Waals surface area contributed by atoms with Crippen molar-refractivity contribution in [2.24, 2.45) is 0 Å². The van der Waals surface area contributed by atoms with Crippen LogP contribution >= 0.6 is 0 Å².